The van der Waals surface area contributed by atoms with Crippen molar-refractivity contribution in [3.8, 4) is 0 Å². The van der Waals surface area contributed by atoms with Gasteiger partial charge in [0.1, 0.15) is 5.82 Å². The highest BCUT2D eigenvalue weighted by Gasteiger charge is 2.14. The number of nitrogens with zero attached hydrogens (tertiary/aromatic N) is 1. The van der Waals surface area contributed by atoms with Crippen LogP contribution in [0.25, 0.3) is 0 Å². The van der Waals surface area contributed by atoms with Gasteiger partial charge in [0.15, 0.2) is 0 Å². The van der Waals surface area contributed by atoms with Crippen molar-refractivity contribution in [1.29, 1.82) is 0 Å². The second-order valence-corrected chi connectivity index (χ2v) is 6.17. The van der Waals surface area contributed by atoms with Crippen LogP contribution in [0.2, 0.25) is 0 Å². The minimum atomic E-state index is -0.117. The third-order valence-corrected chi connectivity index (χ3v) is 3.33. The van der Waals surface area contributed by atoms with Gasteiger partial charge >= 0.3 is 0 Å². The van der Waals surface area contributed by atoms with Gasteiger partial charge in [0, 0.05) is 18.4 Å². The minimum absolute atomic E-state index is 0.117. The summed E-state index contributed by atoms with van der Waals surface area (Å²) in [5.74, 6) is 0.936. The quantitative estimate of drug-likeness (QED) is 0.679. The van der Waals surface area contributed by atoms with E-state index < -0.39 is 0 Å². The Balaban J connectivity index is 2.96. The molecule has 0 unspecified atom stereocenters. The van der Waals surface area contributed by atoms with E-state index in [1.54, 1.807) is 6.07 Å². The molecule has 0 spiro atoms. The Morgan fingerprint density at radius 1 is 1.11 bits per heavy atom. The Bertz CT molecular complexity index is 367. The molecule has 0 heterocycles. The fraction of sp³-hybridized carbons (Fsp3) is 0.600. The first-order valence-corrected chi connectivity index (χ1v) is 7.65. The molecule has 0 saturated heterocycles. The van der Waals surface area contributed by atoms with E-state index in [0.29, 0.717) is 17.2 Å². The van der Waals surface area contributed by atoms with E-state index in [9.17, 15) is 4.39 Å². The van der Waals surface area contributed by atoms with Gasteiger partial charge in [-0.1, -0.05) is 49.7 Å². The van der Waals surface area contributed by atoms with E-state index >= 15 is 0 Å². The Kier molecular flexibility index (Phi) is 6.13. The van der Waals surface area contributed by atoms with Crippen molar-refractivity contribution in [2.45, 2.75) is 33.0 Å². The van der Waals surface area contributed by atoms with Crippen molar-refractivity contribution in [2.24, 2.45) is 11.8 Å². The molecule has 0 aromatic heterocycles. The molecule has 0 bridgehead atoms. The summed E-state index contributed by atoms with van der Waals surface area (Å²) in [6, 6.07) is 5.51. The number of alkyl halides is 1. The molecule has 0 fully saturated rings. The summed E-state index contributed by atoms with van der Waals surface area (Å²) in [5, 5.41) is 0.693. The number of hydrogen-bond donors (Lipinski definition) is 0. The fourth-order valence-electron chi connectivity index (χ4n) is 2.04. The normalized spacial score (nSPS) is 11.3. The van der Waals surface area contributed by atoms with Crippen LogP contribution in [0.5, 0.6) is 0 Å². The van der Waals surface area contributed by atoms with E-state index in [2.05, 4.69) is 48.5 Å². The van der Waals surface area contributed by atoms with Crippen LogP contribution in [-0.2, 0) is 5.33 Å². The Morgan fingerprint density at radius 2 is 1.67 bits per heavy atom. The third kappa shape index (κ3) is 4.60. The highest BCUT2D eigenvalue weighted by atomic mass is 79.9. The predicted octanol–water partition coefficient (Wildman–Crippen LogP) is 4.84. The van der Waals surface area contributed by atoms with Crippen molar-refractivity contribution < 1.29 is 4.39 Å². The van der Waals surface area contributed by atoms with E-state index in [1.807, 2.05) is 12.1 Å². The second-order valence-electron chi connectivity index (χ2n) is 5.61. The zero-order chi connectivity index (χ0) is 13.7. The molecule has 0 aliphatic carbocycles. The van der Waals surface area contributed by atoms with Gasteiger partial charge in [0.25, 0.3) is 0 Å². The standard InChI is InChI=1S/C15H23BrFN/c1-11(2)9-18(10-12(3)4)15-6-5-13(8-16)7-14(15)17/h5-7,11-12H,8-10H2,1-4H3. The average molecular weight is 316 g/mol. The molecule has 0 aliphatic rings. The smallest absolute Gasteiger partial charge is 0.146 e. The van der Waals surface area contributed by atoms with E-state index in [-0.39, 0.29) is 5.82 Å². The van der Waals surface area contributed by atoms with Crippen molar-refractivity contribution in [2.75, 3.05) is 18.0 Å². The first-order chi connectivity index (χ1) is 8.43. The molecule has 102 valence electrons. The van der Waals surface area contributed by atoms with Crippen molar-refractivity contribution in [3.05, 3.63) is 29.6 Å². The Hall–Kier alpha value is -0.570. The Labute approximate surface area is 119 Å². The lowest BCUT2D eigenvalue weighted by Gasteiger charge is -2.29. The molecular formula is C15H23BrFN. The largest absolute Gasteiger partial charge is 0.369 e. The monoisotopic (exact) mass is 315 g/mol. The number of benzene rings is 1. The maximum atomic E-state index is 14.1. The van der Waals surface area contributed by atoms with Gasteiger partial charge in [0.2, 0.25) is 0 Å². The molecule has 18 heavy (non-hydrogen) atoms. The summed E-state index contributed by atoms with van der Waals surface area (Å²) in [5.41, 5.74) is 1.70. The molecule has 0 N–H and O–H groups in total. The van der Waals surface area contributed by atoms with Crippen LogP contribution in [0.3, 0.4) is 0 Å². The average Bonchev–Trinajstić information content (AvgIpc) is 2.26. The number of halogens is 2. The lowest BCUT2D eigenvalue weighted by Crippen LogP contribution is -2.32. The summed E-state index contributed by atoms with van der Waals surface area (Å²) >= 11 is 3.35. The molecule has 1 aromatic rings. The van der Waals surface area contributed by atoms with Crippen molar-refractivity contribution in [3.63, 3.8) is 0 Å². The van der Waals surface area contributed by atoms with Gasteiger partial charge in [-0.3, -0.25) is 0 Å². The number of rotatable bonds is 6. The van der Waals surface area contributed by atoms with Crippen LogP contribution in [0.4, 0.5) is 10.1 Å². The molecular weight excluding hydrogens is 293 g/mol. The highest BCUT2D eigenvalue weighted by Crippen LogP contribution is 2.23. The Morgan fingerprint density at radius 3 is 2.06 bits per heavy atom. The number of hydrogen-bond acceptors (Lipinski definition) is 1. The first kappa shape index (κ1) is 15.5. The van der Waals surface area contributed by atoms with Gasteiger partial charge < -0.3 is 4.90 Å². The summed E-state index contributed by atoms with van der Waals surface area (Å²) < 4.78 is 14.1. The van der Waals surface area contributed by atoms with Crippen LogP contribution < -0.4 is 4.90 Å². The zero-order valence-corrected chi connectivity index (χ0v) is 13.3. The van der Waals surface area contributed by atoms with Crippen LogP contribution in [0.1, 0.15) is 33.3 Å². The van der Waals surface area contributed by atoms with Crippen LogP contribution in [0.15, 0.2) is 18.2 Å². The van der Waals surface area contributed by atoms with Crippen molar-refractivity contribution >= 4 is 21.6 Å². The summed E-state index contributed by atoms with van der Waals surface area (Å²) in [6.07, 6.45) is 0. The third-order valence-electron chi connectivity index (χ3n) is 2.68. The summed E-state index contributed by atoms with van der Waals surface area (Å²) in [4.78, 5) is 2.16. The van der Waals surface area contributed by atoms with Crippen LogP contribution in [0, 0.1) is 17.7 Å². The lowest BCUT2D eigenvalue weighted by molar-refractivity contribution is 0.537. The molecule has 1 nitrogen and oxygen atoms in total. The van der Waals surface area contributed by atoms with Gasteiger partial charge in [-0.2, -0.15) is 0 Å². The first-order valence-electron chi connectivity index (χ1n) is 6.53. The summed E-state index contributed by atoms with van der Waals surface area (Å²) in [6.45, 7) is 10.4. The van der Waals surface area contributed by atoms with Crippen molar-refractivity contribution in [1.82, 2.24) is 0 Å². The van der Waals surface area contributed by atoms with Gasteiger partial charge in [0.05, 0.1) is 5.69 Å². The maximum Gasteiger partial charge on any atom is 0.146 e. The van der Waals surface area contributed by atoms with Crippen LogP contribution in [-0.4, -0.2) is 13.1 Å². The molecule has 0 atom stereocenters. The van der Waals surface area contributed by atoms with E-state index in [1.165, 1.54) is 0 Å². The molecule has 0 amide bonds. The highest BCUT2D eigenvalue weighted by molar-refractivity contribution is 9.08. The molecule has 3 heteroatoms. The topological polar surface area (TPSA) is 3.24 Å². The number of anilines is 1. The van der Waals surface area contributed by atoms with Gasteiger partial charge in [-0.25, -0.2) is 4.39 Å². The molecule has 0 saturated carbocycles. The SMILES string of the molecule is CC(C)CN(CC(C)C)c1ccc(CBr)cc1F. The molecule has 0 radical (unpaired) electrons. The van der Waals surface area contributed by atoms with Crippen LogP contribution >= 0.6 is 15.9 Å². The lowest BCUT2D eigenvalue weighted by atomic mass is 10.1. The second kappa shape index (κ2) is 7.13. The summed E-state index contributed by atoms with van der Waals surface area (Å²) in [7, 11) is 0. The van der Waals surface area contributed by atoms with E-state index in [4.69, 9.17) is 0 Å². The minimum Gasteiger partial charge on any atom is -0.369 e. The molecule has 0 aliphatic heterocycles. The van der Waals surface area contributed by atoms with E-state index in [0.717, 1.165) is 24.3 Å². The zero-order valence-electron chi connectivity index (χ0n) is 11.7. The maximum absolute atomic E-state index is 14.1. The van der Waals surface area contributed by atoms with Gasteiger partial charge in [-0.15, -0.1) is 0 Å². The molecule has 1 rings (SSSR count). The fourth-order valence-corrected chi connectivity index (χ4v) is 2.39. The predicted molar refractivity (Wildman–Crippen MR) is 80.9 cm³/mol. The molecule has 1 aromatic carbocycles. The van der Waals surface area contributed by atoms with Gasteiger partial charge in [-0.05, 0) is 29.5 Å².